The third-order valence-electron chi connectivity index (χ3n) is 2.33. The van der Waals surface area contributed by atoms with Gasteiger partial charge in [0.2, 0.25) is 0 Å². The Kier molecular flexibility index (Phi) is 9.08. The fraction of sp³-hybridized carbons (Fsp3) is 0.846. The monoisotopic (exact) mass is 221 g/mol. The second-order valence-electron chi connectivity index (χ2n) is 6.15. The summed E-state index contributed by atoms with van der Waals surface area (Å²) in [7, 11) is 0. The molecule has 0 aliphatic rings. The maximum absolute atomic E-state index is 3.95. The molecule has 14 heavy (non-hydrogen) atoms. The van der Waals surface area contributed by atoms with Gasteiger partial charge in [-0.25, -0.2) is 0 Å². The van der Waals surface area contributed by atoms with Crippen LogP contribution in [0.15, 0.2) is 0 Å². The maximum atomic E-state index is 3.95. The van der Waals surface area contributed by atoms with Crippen LogP contribution in [0.4, 0.5) is 0 Å². The first-order valence-electron chi connectivity index (χ1n) is 5.32. The van der Waals surface area contributed by atoms with Crippen LogP contribution in [0.3, 0.4) is 0 Å². The normalized spacial score (nSPS) is 14.8. The second-order valence-corrected chi connectivity index (χ2v) is 6.15. The Morgan fingerprint density at radius 3 is 1.71 bits per heavy atom. The van der Waals surface area contributed by atoms with Crippen molar-refractivity contribution in [2.75, 3.05) is 0 Å². The van der Waals surface area contributed by atoms with Crippen molar-refractivity contribution in [3.8, 4) is 0 Å². The Hall–Kier alpha value is 1.64. The average molecular weight is 221 g/mol. The minimum atomic E-state index is 0. The molecule has 0 bridgehead atoms. The van der Waals surface area contributed by atoms with Gasteiger partial charge in [0, 0.05) is 0 Å². The van der Waals surface area contributed by atoms with E-state index in [-0.39, 0.29) is 51.4 Å². The minimum Gasteiger partial charge on any atom is -0.343 e. The van der Waals surface area contributed by atoms with Crippen molar-refractivity contribution in [3.63, 3.8) is 0 Å². The van der Waals surface area contributed by atoms with Gasteiger partial charge in [0.15, 0.2) is 0 Å². The van der Waals surface area contributed by atoms with Crippen molar-refractivity contribution in [3.05, 3.63) is 13.3 Å². The second kappa shape index (κ2) is 7.06. The fourth-order valence-electron chi connectivity index (χ4n) is 1.59. The Balaban J connectivity index is 0. The van der Waals surface area contributed by atoms with Crippen molar-refractivity contribution in [2.45, 2.75) is 54.4 Å². The summed E-state index contributed by atoms with van der Waals surface area (Å²) < 4.78 is 0. The Labute approximate surface area is 134 Å². The maximum Gasteiger partial charge on any atom is 1.00 e. The van der Waals surface area contributed by atoms with Crippen molar-refractivity contribution in [1.82, 2.24) is 0 Å². The van der Waals surface area contributed by atoms with E-state index in [1.165, 1.54) is 6.42 Å². The van der Waals surface area contributed by atoms with Gasteiger partial charge in [-0.05, 0) is 0 Å². The summed E-state index contributed by atoms with van der Waals surface area (Å²) in [5.74, 6) is 0.685. The molecule has 0 nitrogen and oxygen atoms in total. The zero-order valence-electron chi connectivity index (χ0n) is 11.3. The molecule has 0 saturated heterocycles. The zero-order chi connectivity index (χ0) is 10.7. The molecule has 0 fully saturated rings. The molecule has 0 radical (unpaired) electrons. The van der Waals surface area contributed by atoms with Crippen LogP contribution < -0.4 is 51.4 Å². The van der Waals surface area contributed by atoms with E-state index in [1.54, 1.807) is 0 Å². The molecule has 0 amide bonds. The summed E-state index contributed by atoms with van der Waals surface area (Å²) in [4.78, 5) is 0. The van der Waals surface area contributed by atoms with E-state index >= 15 is 0 Å². The fourth-order valence-corrected chi connectivity index (χ4v) is 1.59. The Morgan fingerprint density at radius 2 is 1.50 bits per heavy atom. The van der Waals surface area contributed by atoms with Gasteiger partial charge in [-0.3, -0.25) is 0 Å². The van der Waals surface area contributed by atoms with Gasteiger partial charge in [0.1, 0.15) is 0 Å². The summed E-state index contributed by atoms with van der Waals surface area (Å²) in [6.45, 7) is 17.7. The van der Waals surface area contributed by atoms with Crippen molar-refractivity contribution in [1.29, 1.82) is 0 Å². The van der Waals surface area contributed by atoms with E-state index in [4.69, 9.17) is 0 Å². The average Bonchev–Trinajstić information content (AvgIpc) is 1.81. The first kappa shape index (κ1) is 18.0. The zero-order valence-corrected chi connectivity index (χ0v) is 14.4. The Bertz CT molecular complexity index is 136. The van der Waals surface area contributed by atoms with Crippen LogP contribution in [0.2, 0.25) is 0 Å². The third-order valence-corrected chi connectivity index (χ3v) is 2.33. The number of hydrogen-bond acceptors (Lipinski definition) is 0. The van der Waals surface area contributed by atoms with Gasteiger partial charge in [0.05, 0.1) is 0 Å². The van der Waals surface area contributed by atoms with Gasteiger partial charge in [-0.15, -0.1) is 6.42 Å². The molecule has 1 heteroatoms. The van der Waals surface area contributed by atoms with Crippen molar-refractivity contribution in [2.24, 2.45) is 16.7 Å². The van der Waals surface area contributed by atoms with Crippen LogP contribution in [0.1, 0.15) is 54.4 Å². The molecule has 0 aliphatic carbocycles. The molecule has 0 rings (SSSR count). The van der Waals surface area contributed by atoms with Crippen LogP contribution in [-0.4, -0.2) is 0 Å². The van der Waals surface area contributed by atoms with Gasteiger partial charge in [-0.2, -0.15) is 17.8 Å². The largest absolute Gasteiger partial charge is 1.00 e. The van der Waals surface area contributed by atoms with Crippen LogP contribution >= 0.6 is 0 Å². The van der Waals surface area contributed by atoms with Gasteiger partial charge >= 0.3 is 51.4 Å². The molecule has 0 aromatic rings. The molecule has 1 atom stereocenters. The summed E-state index contributed by atoms with van der Waals surface area (Å²) in [5, 5.41) is 0. The van der Waals surface area contributed by atoms with Crippen LogP contribution in [-0.2, 0) is 0 Å². The van der Waals surface area contributed by atoms with E-state index in [9.17, 15) is 0 Å². The molecule has 0 N–H and O–H groups in total. The standard InChI is InChI=1S/C13H26.K/c1-8-9-11(13(5,6)7)10-12(2,3)4;/h10-11H,1,8-9H2,2-7H3;/q-2;+1. The van der Waals surface area contributed by atoms with E-state index in [0.717, 1.165) is 6.42 Å². The number of hydrogen-bond donors (Lipinski definition) is 0. The Morgan fingerprint density at radius 1 is 1.07 bits per heavy atom. The molecule has 0 aromatic heterocycles. The van der Waals surface area contributed by atoms with Crippen LogP contribution in [0.25, 0.3) is 0 Å². The summed E-state index contributed by atoms with van der Waals surface area (Å²) in [6, 6.07) is 0. The predicted molar refractivity (Wildman–Crippen MR) is 61.3 cm³/mol. The van der Waals surface area contributed by atoms with E-state index < -0.39 is 0 Å². The minimum absolute atomic E-state index is 0. The molecular weight excluding hydrogens is 195 g/mol. The smallest absolute Gasteiger partial charge is 0.343 e. The van der Waals surface area contributed by atoms with Gasteiger partial charge in [-0.1, -0.05) is 47.0 Å². The van der Waals surface area contributed by atoms with Crippen molar-refractivity contribution >= 4 is 0 Å². The van der Waals surface area contributed by atoms with E-state index in [0.29, 0.717) is 16.7 Å². The SMILES string of the molecule is [CH2-]CCC([CH-]C(C)(C)C)C(C)(C)C.[K+]. The third kappa shape index (κ3) is 8.91. The number of rotatable bonds is 3. The molecule has 0 aromatic carbocycles. The van der Waals surface area contributed by atoms with Gasteiger partial charge < -0.3 is 13.3 Å². The van der Waals surface area contributed by atoms with E-state index in [1.807, 2.05) is 0 Å². The molecule has 0 saturated carbocycles. The topological polar surface area (TPSA) is 0 Å². The predicted octanol–water partition coefficient (Wildman–Crippen LogP) is 1.52. The summed E-state index contributed by atoms with van der Waals surface area (Å²) >= 11 is 0. The molecule has 0 heterocycles. The molecule has 0 aliphatic heterocycles. The molecule has 80 valence electrons. The first-order chi connectivity index (χ1) is 5.67. The quantitative estimate of drug-likeness (QED) is 0.501. The molecular formula is C13H26K-. The molecule has 1 unspecified atom stereocenters. The first-order valence-corrected chi connectivity index (χ1v) is 5.32. The van der Waals surface area contributed by atoms with Gasteiger partial charge in [0.25, 0.3) is 0 Å². The van der Waals surface area contributed by atoms with Crippen LogP contribution in [0, 0.1) is 30.1 Å². The van der Waals surface area contributed by atoms with Crippen LogP contribution in [0.5, 0.6) is 0 Å². The summed E-state index contributed by atoms with van der Waals surface area (Å²) in [5.41, 5.74) is 0.706. The van der Waals surface area contributed by atoms with E-state index in [2.05, 4.69) is 54.9 Å². The summed E-state index contributed by atoms with van der Waals surface area (Å²) in [6.07, 6.45) is 4.73. The van der Waals surface area contributed by atoms with Crippen molar-refractivity contribution < 1.29 is 51.4 Å². The molecule has 0 spiro atoms.